The average Bonchev–Trinajstić information content (AvgIpc) is 3.12. The van der Waals surface area contributed by atoms with Crippen molar-refractivity contribution in [3.05, 3.63) is 46.0 Å². The SMILES string of the molecule is COC(=O)C1=C(C(=O)OC)/C(=C(/C(=O)OC)c2nc(OC)c(OC)cc2C(=O)OC)N=C(OC)C(OC)=C1. The monoisotopic (exact) mass is 534 g/mol. The van der Waals surface area contributed by atoms with Crippen molar-refractivity contribution in [2.45, 2.75) is 0 Å². The zero-order valence-electron chi connectivity index (χ0n) is 21.9. The van der Waals surface area contributed by atoms with Gasteiger partial charge in [-0.05, 0) is 0 Å². The zero-order valence-corrected chi connectivity index (χ0v) is 21.9. The van der Waals surface area contributed by atoms with Gasteiger partial charge in [-0.25, -0.2) is 29.2 Å². The molecule has 0 aromatic carbocycles. The van der Waals surface area contributed by atoms with Crippen LogP contribution in [0.2, 0.25) is 0 Å². The number of pyridine rings is 1. The van der Waals surface area contributed by atoms with E-state index in [1.807, 2.05) is 0 Å². The first-order valence-electron chi connectivity index (χ1n) is 10.5. The lowest BCUT2D eigenvalue weighted by molar-refractivity contribution is -0.138. The van der Waals surface area contributed by atoms with E-state index in [4.69, 9.17) is 37.9 Å². The molecule has 2 heterocycles. The number of nitrogens with zero attached hydrogens (tertiary/aromatic N) is 2. The van der Waals surface area contributed by atoms with Crippen LogP contribution in [0.15, 0.2) is 39.7 Å². The van der Waals surface area contributed by atoms with Crippen LogP contribution in [0.25, 0.3) is 5.57 Å². The highest BCUT2D eigenvalue weighted by molar-refractivity contribution is 6.23. The van der Waals surface area contributed by atoms with E-state index in [1.165, 1.54) is 34.5 Å². The summed E-state index contributed by atoms with van der Waals surface area (Å²) in [5, 5.41) is 0. The second kappa shape index (κ2) is 12.9. The van der Waals surface area contributed by atoms with Crippen LogP contribution in [0.3, 0.4) is 0 Å². The zero-order chi connectivity index (χ0) is 28.6. The quantitative estimate of drug-likeness (QED) is 0.263. The van der Waals surface area contributed by atoms with Gasteiger partial charge in [0.1, 0.15) is 11.1 Å². The molecule has 0 radical (unpaired) electrons. The number of hydrogen-bond donors (Lipinski definition) is 0. The van der Waals surface area contributed by atoms with E-state index in [2.05, 4.69) is 9.98 Å². The number of esters is 4. The van der Waals surface area contributed by atoms with Crippen molar-refractivity contribution in [2.75, 3.05) is 56.9 Å². The fourth-order valence-electron chi connectivity index (χ4n) is 3.29. The van der Waals surface area contributed by atoms with Gasteiger partial charge in [-0.3, -0.25) is 0 Å². The number of carbonyl (C=O) groups is 4. The lowest BCUT2D eigenvalue weighted by Crippen LogP contribution is -2.20. The number of aliphatic imine (C=N–C) groups is 1. The van der Waals surface area contributed by atoms with Crippen molar-refractivity contribution in [1.82, 2.24) is 4.98 Å². The van der Waals surface area contributed by atoms with Crippen LogP contribution in [0.1, 0.15) is 16.1 Å². The number of methoxy groups -OCH3 is 8. The minimum atomic E-state index is -1.12. The summed E-state index contributed by atoms with van der Waals surface area (Å²) >= 11 is 0. The molecule has 0 unspecified atom stereocenters. The number of rotatable bonds is 8. The molecule has 14 nitrogen and oxygen atoms in total. The molecule has 38 heavy (non-hydrogen) atoms. The van der Waals surface area contributed by atoms with E-state index in [0.29, 0.717) is 0 Å². The van der Waals surface area contributed by atoms with Gasteiger partial charge in [0.05, 0.1) is 79.4 Å². The third-order valence-electron chi connectivity index (χ3n) is 5.05. The molecule has 1 aromatic rings. The third kappa shape index (κ3) is 5.58. The first-order valence-corrected chi connectivity index (χ1v) is 10.5. The number of carbonyl (C=O) groups excluding carboxylic acids is 4. The van der Waals surface area contributed by atoms with Gasteiger partial charge in [0, 0.05) is 12.1 Å². The molecule has 1 aromatic heterocycles. The van der Waals surface area contributed by atoms with Gasteiger partial charge in [0.2, 0.25) is 0 Å². The molecule has 0 fully saturated rings. The van der Waals surface area contributed by atoms with Crippen molar-refractivity contribution < 1.29 is 57.1 Å². The highest BCUT2D eigenvalue weighted by Crippen LogP contribution is 2.37. The lowest BCUT2D eigenvalue weighted by Gasteiger charge is -2.17. The molecule has 0 spiro atoms. The van der Waals surface area contributed by atoms with Crippen LogP contribution in [0, 0.1) is 0 Å². The maximum atomic E-state index is 13.3. The van der Waals surface area contributed by atoms with Crippen LogP contribution in [0.4, 0.5) is 0 Å². The smallest absolute Gasteiger partial charge is 0.342 e. The molecule has 0 saturated carbocycles. The number of ether oxygens (including phenoxy) is 8. The largest absolute Gasteiger partial charge is 0.491 e. The molecule has 1 aliphatic heterocycles. The van der Waals surface area contributed by atoms with E-state index in [-0.39, 0.29) is 34.5 Å². The minimum absolute atomic E-state index is 0.0233. The van der Waals surface area contributed by atoms with Crippen molar-refractivity contribution in [2.24, 2.45) is 4.99 Å². The van der Waals surface area contributed by atoms with E-state index in [9.17, 15) is 19.2 Å². The summed E-state index contributed by atoms with van der Waals surface area (Å²) in [5.74, 6) is -4.66. The predicted molar refractivity (Wildman–Crippen MR) is 128 cm³/mol. The third-order valence-corrected chi connectivity index (χ3v) is 5.05. The lowest BCUT2D eigenvalue weighted by atomic mass is 9.96. The molecule has 14 heteroatoms. The van der Waals surface area contributed by atoms with Crippen LogP contribution in [0.5, 0.6) is 11.6 Å². The van der Waals surface area contributed by atoms with Gasteiger partial charge in [-0.15, -0.1) is 0 Å². The standard InChI is InChI=1S/C24H26N2O12/c1-31-13-9-11(21(27)35-5)15(23(29)37-7)18(26-20(13)34-4)16(24(30)38-8)17-12(22(28)36-6)10-14(32-2)19(25-17)33-3/h9-10H,1-8H3/b18-16-. The normalized spacial score (nSPS) is 14.2. The summed E-state index contributed by atoms with van der Waals surface area (Å²) in [4.78, 5) is 60.5. The predicted octanol–water partition coefficient (Wildman–Crippen LogP) is 1.00. The summed E-state index contributed by atoms with van der Waals surface area (Å²) < 4.78 is 40.6. The van der Waals surface area contributed by atoms with Crippen LogP contribution in [-0.2, 0) is 42.8 Å². The second-order valence-corrected chi connectivity index (χ2v) is 6.91. The Hall–Kier alpha value is -4.88. The minimum Gasteiger partial charge on any atom is -0.491 e. The fraction of sp³-hybridized carbons (Fsp3) is 0.333. The van der Waals surface area contributed by atoms with Crippen molar-refractivity contribution in [1.29, 1.82) is 0 Å². The maximum absolute atomic E-state index is 13.3. The summed E-state index contributed by atoms with van der Waals surface area (Å²) in [6, 6.07) is 1.20. The summed E-state index contributed by atoms with van der Waals surface area (Å²) in [5.41, 5.74) is -2.72. The molecule has 204 valence electrons. The molecule has 0 atom stereocenters. The highest BCUT2D eigenvalue weighted by Gasteiger charge is 2.36. The summed E-state index contributed by atoms with van der Waals surface area (Å²) in [7, 11) is 9.33. The molecular formula is C24H26N2O12. The van der Waals surface area contributed by atoms with Gasteiger partial charge in [0.15, 0.2) is 11.5 Å². The Morgan fingerprint density at radius 3 is 1.82 bits per heavy atom. The van der Waals surface area contributed by atoms with Gasteiger partial charge < -0.3 is 37.9 Å². The number of hydrogen-bond acceptors (Lipinski definition) is 14. The van der Waals surface area contributed by atoms with E-state index in [0.717, 1.165) is 34.5 Å². The van der Waals surface area contributed by atoms with Crippen LogP contribution < -0.4 is 9.47 Å². The van der Waals surface area contributed by atoms with E-state index in [1.54, 1.807) is 0 Å². The summed E-state index contributed by atoms with van der Waals surface area (Å²) in [6.45, 7) is 0. The average molecular weight is 534 g/mol. The Morgan fingerprint density at radius 1 is 0.711 bits per heavy atom. The Kier molecular flexibility index (Phi) is 9.96. The Balaban J connectivity index is 3.32. The molecule has 2 rings (SSSR count). The van der Waals surface area contributed by atoms with Crippen LogP contribution in [-0.4, -0.2) is 91.6 Å². The van der Waals surface area contributed by atoms with Gasteiger partial charge >= 0.3 is 23.9 Å². The molecule has 0 aliphatic carbocycles. The second-order valence-electron chi connectivity index (χ2n) is 6.91. The Bertz CT molecular complexity index is 1270. The van der Waals surface area contributed by atoms with Gasteiger partial charge in [-0.2, -0.15) is 0 Å². The molecule has 0 bridgehead atoms. The molecule has 0 amide bonds. The molecule has 1 aliphatic rings. The molecule has 0 N–H and O–H groups in total. The fourth-order valence-corrected chi connectivity index (χ4v) is 3.29. The molecular weight excluding hydrogens is 508 g/mol. The van der Waals surface area contributed by atoms with Crippen molar-refractivity contribution >= 4 is 35.3 Å². The topological polar surface area (TPSA) is 167 Å². The van der Waals surface area contributed by atoms with E-state index < -0.39 is 46.3 Å². The highest BCUT2D eigenvalue weighted by atomic mass is 16.5. The first kappa shape index (κ1) is 29.4. The summed E-state index contributed by atoms with van der Waals surface area (Å²) in [6.07, 6.45) is 1.12. The van der Waals surface area contributed by atoms with Crippen LogP contribution >= 0.6 is 0 Å². The van der Waals surface area contributed by atoms with E-state index >= 15 is 0 Å². The molecule has 0 saturated heterocycles. The van der Waals surface area contributed by atoms with Gasteiger partial charge in [0.25, 0.3) is 11.8 Å². The first-order chi connectivity index (χ1) is 18.2. The van der Waals surface area contributed by atoms with Crippen molar-refractivity contribution in [3.63, 3.8) is 0 Å². The maximum Gasteiger partial charge on any atom is 0.342 e. The number of aromatic nitrogens is 1. The Labute approximate surface area is 217 Å². The Morgan fingerprint density at radius 2 is 1.34 bits per heavy atom. The van der Waals surface area contributed by atoms with Gasteiger partial charge in [-0.1, -0.05) is 0 Å². The van der Waals surface area contributed by atoms with Crippen molar-refractivity contribution in [3.8, 4) is 11.6 Å².